The van der Waals surface area contributed by atoms with E-state index >= 15 is 0 Å². The maximum absolute atomic E-state index is 6.19. The maximum atomic E-state index is 6.19. The Morgan fingerprint density at radius 3 is 2.70 bits per heavy atom. The molecule has 0 spiro atoms. The lowest BCUT2D eigenvalue weighted by molar-refractivity contribution is 0.528. The Balaban J connectivity index is 2.21. The molecule has 0 amide bonds. The molecule has 2 aromatic rings. The van der Waals surface area contributed by atoms with Gasteiger partial charge in [-0.15, -0.1) is 11.3 Å². The summed E-state index contributed by atoms with van der Waals surface area (Å²) < 4.78 is 0. The summed E-state index contributed by atoms with van der Waals surface area (Å²) in [6.07, 6.45) is 2.03. The van der Waals surface area contributed by atoms with Crippen LogP contribution in [0.25, 0.3) is 0 Å². The van der Waals surface area contributed by atoms with Gasteiger partial charge in [-0.2, -0.15) is 0 Å². The van der Waals surface area contributed by atoms with Crippen molar-refractivity contribution in [3.05, 3.63) is 50.4 Å². The minimum atomic E-state index is 0.276. The number of nitrogens with zero attached hydrogens (tertiary/aromatic N) is 1. The van der Waals surface area contributed by atoms with Gasteiger partial charge in [-0.3, -0.25) is 0 Å². The molecule has 1 atom stereocenters. The Kier molecular flexibility index (Phi) is 5.58. The number of thiazole rings is 1. The summed E-state index contributed by atoms with van der Waals surface area (Å²) in [5.41, 5.74) is 3.55. The van der Waals surface area contributed by atoms with E-state index in [1.165, 1.54) is 16.1 Å². The fourth-order valence-electron chi connectivity index (χ4n) is 2.26. The van der Waals surface area contributed by atoms with Crippen LogP contribution in [0.4, 0.5) is 0 Å². The van der Waals surface area contributed by atoms with Crippen LogP contribution in [0.5, 0.6) is 0 Å². The van der Waals surface area contributed by atoms with E-state index in [1.807, 2.05) is 13.0 Å². The molecule has 0 aliphatic carbocycles. The van der Waals surface area contributed by atoms with Crippen LogP contribution in [0.1, 0.15) is 41.2 Å². The van der Waals surface area contributed by atoms with Crippen LogP contribution in [0.3, 0.4) is 0 Å². The molecule has 1 aromatic heterocycles. The van der Waals surface area contributed by atoms with Crippen LogP contribution >= 0.6 is 22.9 Å². The van der Waals surface area contributed by atoms with Gasteiger partial charge in [0, 0.05) is 28.6 Å². The Morgan fingerprint density at radius 2 is 2.10 bits per heavy atom. The lowest BCUT2D eigenvalue weighted by atomic mass is 10.0. The van der Waals surface area contributed by atoms with Gasteiger partial charge in [0.25, 0.3) is 0 Å². The number of benzene rings is 1. The molecule has 1 unspecified atom stereocenters. The third-order valence-electron chi connectivity index (χ3n) is 3.15. The largest absolute Gasteiger partial charge is 0.310 e. The Bertz CT molecular complexity index is 545. The van der Waals surface area contributed by atoms with E-state index in [0.717, 1.165) is 30.1 Å². The molecule has 0 aliphatic heterocycles. The molecule has 0 radical (unpaired) electrons. The second-order valence-electron chi connectivity index (χ2n) is 5.16. The fraction of sp³-hybridized carbons (Fsp3) is 0.438. The second-order valence-corrected chi connectivity index (χ2v) is 6.53. The first-order chi connectivity index (χ1) is 9.58. The van der Waals surface area contributed by atoms with Gasteiger partial charge >= 0.3 is 0 Å². The van der Waals surface area contributed by atoms with Gasteiger partial charge in [-0.1, -0.05) is 24.6 Å². The fourth-order valence-corrected chi connectivity index (χ4v) is 3.38. The summed E-state index contributed by atoms with van der Waals surface area (Å²) in [5, 5.41) is 7.69. The second kappa shape index (κ2) is 7.21. The van der Waals surface area contributed by atoms with Crippen molar-refractivity contribution in [1.29, 1.82) is 0 Å². The molecular weight excluding hydrogens is 288 g/mol. The van der Waals surface area contributed by atoms with E-state index in [2.05, 4.69) is 41.7 Å². The van der Waals surface area contributed by atoms with Crippen molar-refractivity contribution >= 4 is 22.9 Å². The summed E-state index contributed by atoms with van der Waals surface area (Å²) >= 11 is 7.92. The van der Waals surface area contributed by atoms with Crippen LogP contribution in [0.15, 0.2) is 23.6 Å². The van der Waals surface area contributed by atoms with E-state index in [1.54, 1.807) is 11.3 Å². The Morgan fingerprint density at radius 1 is 1.30 bits per heavy atom. The molecule has 4 heteroatoms. The average Bonchev–Trinajstić information content (AvgIpc) is 2.79. The van der Waals surface area contributed by atoms with Gasteiger partial charge in [0.05, 0.1) is 5.01 Å². The van der Waals surface area contributed by atoms with Gasteiger partial charge in [0.15, 0.2) is 0 Å². The first-order valence-electron chi connectivity index (χ1n) is 7.00. The normalized spacial score (nSPS) is 12.6. The van der Waals surface area contributed by atoms with Crippen molar-refractivity contribution in [2.45, 2.75) is 39.7 Å². The molecule has 1 aromatic carbocycles. The summed E-state index contributed by atoms with van der Waals surface area (Å²) in [7, 11) is 0. The highest BCUT2D eigenvalue weighted by atomic mass is 35.5. The molecule has 0 saturated carbocycles. The smallest absolute Gasteiger partial charge is 0.0947 e. The van der Waals surface area contributed by atoms with Crippen molar-refractivity contribution in [2.24, 2.45) is 0 Å². The highest BCUT2D eigenvalue weighted by Gasteiger charge is 2.14. The third-order valence-corrected chi connectivity index (χ3v) is 4.36. The Labute approximate surface area is 130 Å². The molecule has 0 fully saturated rings. The lowest BCUT2D eigenvalue weighted by Gasteiger charge is -2.19. The van der Waals surface area contributed by atoms with Gasteiger partial charge in [0.1, 0.15) is 0 Å². The number of halogens is 1. The summed E-state index contributed by atoms with van der Waals surface area (Å²) in [5.74, 6) is 0. The summed E-state index contributed by atoms with van der Waals surface area (Å²) in [6.45, 7) is 7.30. The van der Waals surface area contributed by atoms with E-state index in [4.69, 9.17) is 11.6 Å². The molecule has 1 heterocycles. The van der Waals surface area contributed by atoms with Crippen LogP contribution in [0, 0.1) is 13.8 Å². The first-order valence-corrected chi connectivity index (χ1v) is 8.25. The number of aryl methyl sites for hydroxylation is 2. The lowest BCUT2D eigenvalue weighted by Crippen LogP contribution is -2.24. The van der Waals surface area contributed by atoms with Crippen LogP contribution < -0.4 is 5.32 Å². The minimum absolute atomic E-state index is 0.276. The van der Waals surface area contributed by atoms with Gasteiger partial charge in [-0.05, 0) is 50.1 Å². The SMILES string of the molecule is CCCNC(Cc1nc(C)cs1)c1cc(C)cc(Cl)c1. The maximum Gasteiger partial charge on any atom is 0.0947 e. The molecule has 0 saturated heterocycles. The minimum Gasteiger partial charge on any atom is -0.310 e. The molecule has 108 valence electrons. The molecule has 2 rings (SSSR count). The number of aromatic nitrogens is 1. The number of nitrogens with one attached hydrogen (secondary N) is 1. The first kappa shape index (κ1) is 15.5. The molecule has 0 aliphatic rings. The monoisotopic (exact) mass is 308 g/mol. The van der Waals surface area contributed by atoms with Gasteiger partial charge < -0.3 is 5.32 Å². The van der Waals surface area contributed by atoms with Crippen molar-refractivity contribution in [1.82, 2.24) is 10.3 Å². The number of hydrogen-bond donors (Lipinski definition) is 1. The van der Waals surface area contributed by atoms with Gasteiger partial charge in [-0.25, -0.2) is 4.98 Å². The highest BCUT2D eigenvalue weighted by Crippen LogP contribution is 2.24. The van der Waals surface area contributed by atoms with Crippen LogP contribution in [-0.4, -0.2) is 11.5 Å². The zero-order valence-electron chi connectivity index (χ0n) is 12.2. The zero-order valence-corrected chi connectivity index (χ0v) is 13.8. The summed E-state index contributed by atoms with van der Waals surface area (Å²) in [4.78, 5) is 4.57. The van der Waals surface area contributed by atoms with E-state index in [0.29, 0.717) is 0 Å². The van der Waals surface area contributed by atoms with Crippen LogP contribution in [-0.2, 0) is 6.42 Å². The van der Waals surface area contributed by atoms with Crippen molar-refractivity contribution in [2.75, 3.05) is 6.54 Å². The van der Waals surface area contributed by atoms with E-state index < -0.39 is 0 Å². The Hall–Kier alpha value is -0.900. The average molecular weight is 309 g/mol. The van der Waals surface area contributed by atoms with Crippen molar-refractivity contribution < 1.29 is 0 Å². The van der Waals surface area contributed by atoms with Crippen molar-refractivity contribution in [3.63, 3.8) is 0 Å². The number of rotatable bonds is 6. The number of hydrogen-bond acceptors (Lipinski definition) is 3. The van der Waals surface area contributed by atoms with Crippen LogP contribution in [0.2, 0.25) is 5.02 Å². The quantitative estimate of drug-likeness (QED) is 0.837. The molecule has 2 nitrogen and oxygen atoms in total. The van der Waals surface area contributed by atoms with Crippen molar-refractivity contribution in [3.8, 4) is 0 Å². The standard InChI is InChI=1S/C16H21ClN2S/c1-4-5-18-15(9-16-19-12(3)10-20-16)13-6-11(2)7-14(17)8-13/h6-8,10,15,18H,4-5,9H2,1-3H3. The molecule has 0 bridgehead atoms. The molecule has 1 N–H and O–H groups in total. The van der Waals surface area contributed by atoms with E-state index in [-0.39, 0.29) is 6.04 Å². The van der Waals surface area contributed by atoms with Gasteiger partial charge in [0.2, 0.25) is 0 Å². The predicted molar refractivity (Wildman–Crippen MR) is 87.8 cm³/mol. The zero-order chi connectivity index (χ0) is 14.5. The van der Waals surface area contributed by atoms with E-state index in [9.17, 15) is 0 Å². The topological polar surface area (TPSA) is 24.9 Å². The molecular formula is C16H21ClN2S. The predicted octanol–water partition coefficient (Wildman–Crippen LogP) is 4.70. The highest BCUT2D eigenvalue weighted by molar-refractivity contribution is 7.09. The summed E-state index contributed by atoms with van der Waals surface area (Å²) in [6, 6.07) is 6.54. The third kappa shape index (κ3) is 4.30. The molecule has 20 heavy (non-hydrogen) atoms.